The summed E-state index contributed by atoms with van der Waals surface area (Å²) in [5.41, 5.74) is 0.965. The van der Waals surface area contributed by atoms with E-state index in [1.807, 2.05) is 6.92 Å². The lowest BCUT2D eigenvalue weighted by molar-refractivity contribution is 0.0600. The van der Waals surface area contributed by atoms with E-state index in [-0.39, 0.29) is 11.4 Å². The lowest BCUT2D eigenvalue weighted by Crippen LogP contribution is -2.27. The van der Waals surface area contributed by atoms with Gasteiger partial charge in [0.1, 0.15) is 17.0 Å². The van der Waals surface area contributed by atoms with Crippen LogP contribution in [0.3, 0.4) is 0 Å². The number of hydrogen-bond acceptors (Lipinski definition) is 5. The van der Waals surface area contributed by atoms with Gasteiger partial charge in [0.05, 0.1) is 18.7 Å². The Kier molecular flexibility index (Phi) is 7.47. The highest BCUT2D eigenvalue weighted by Gasteiger charge is 2.30. The van der Waals surface area contributed by atoms with E-state index in [1.165, 1.54) is 14.2 Å². The van der Waals surface area contributed by atoms with Crippen LogP contribution >= 0.6 is 15.9 Å². The number of hydrogen-bond donors (Lipinski definition) is 1. The minimum atomic E-state index is -2.98. The average molecular weight is 522 g/mol. The molecule has 10 heteroatoms. The number of halogens is 3. The van der Waals surface area contributed by atoms with Crippen LogP contribution in [0, 0.1) is 6.92 Å². The first kappa shape index (κ1) is 24.4. The highest BCUT2D eigenvalue weighted by atomic mass is 79.9. The molecule has 3 rings (SSSR count). The summed E-state index contributed by atoms with van der Waals surface area (Å²) in [6.07, 6.45) is -2.98. The number of rotatable bonds is 7. The number of carbonyl (C=O) groups is 2. The highest BCUT2D eigenvalue weighted by Crippen LogP contribution is 2.34. The van der Waals surface area contributed by atoms with Crippen molar-refractivity contribution < 1.29 is 27.8 Å². The lowest BCUT2D eigenvalue weighted by atomic mass is 10.1. The molecule has 1 aromatic heterocycles. The number of carbonyl (C=O) groups excluding carboxylic acids is 2. The summed E-state index contributed by atoms with van der Waals surface area (Å²) < 4.78 is 39.7. The Bertz CT molecular complexity index is 1180. The number of alkyl halides is 2. The van der Waals surface area contributed by atoms with Crippen molar-refractivity contribution in [1.82, 2.24) is 15.1 Å². The number of aromatic nitrogens is 2. The molecule has 0 aliphatic rings. The zero-order chi connectivity index (χ0) is 24.3. The van der Waals surface area contributed by atoms with Gasteiger partial charge in [-0.05, 0) is 49.2 Å². The van der Waals surface area contributed by atoms with Crippen LogP contribution in [-0.4, -0.2) is 28.8 Å². The predicted octanol–water partition coefficient (Wildman–Crippen LogP) is 5.50. The molecule has 2 aromatic carbocycles. The van der Waals surface area contributed by atoms with E-state index in [0.29, 0.717) is 16.9 Å². The minimum absolute atomic E-state index is 0.105. The molecule has 0 aliphatic carbocycles. The van der Waals surface area contributed by atoms with E-state index in [4.69, 9.17) is 4.74 Å². The molecular formula is C23H22BrF2N3O4. The summed E-state index contributed by atoms with van der Waals surface area (Å²) in [6, 6.07) is 11.0. The number of amides is 1. The number of methoxy groups -OCH3 is 1. The summed E-state index contributed by atoms with van der Waals surface area (Å²) in [4.78, 5) is 24.7. The molecule has 7 nitrogen and oxygen atoms in total. The van der Waals surface area contributed by atoms with E-state index >= 15 is 0 Å². The van der Waals surface area contributed by atoms with Crippen molar-refractivity contribution >= 4 is 27.8 Å². The molecule has 1 N–H and O–H groups in total. The van der Waals surface area contributed by atoms with Gasteiger partial charge >= 0.3 is 5.97 Å². The third kappa shape index (κ3) is 5.39. The quantitative estimate of drug-likeness (QED) is 0.415. The van der Waals surface area contributed by atoms with Crippen molar-refractivity contribution in [2.45, 2.75) is 26.3 Å². The molecule has 1 heterocycles. The average Bonchev–Trinajstić information content (AvgIpc) is 3.12. The zero-order valence-corrected chi connectivity index (χ0v) is 19.9. The van der Waals surface area contributed by atoms with Crippen LogP contribution in [0.15, 0.2) is 46.9 Å². The molecule has 0 aliphatic heterocycles. The summed E-state index contributed by atoms with van der Waals surface area (Å²) >= 11 is 3.40. The van der Waals surface area contributed by atoms with Crippen molar-refractivity contribution in [3.8, 4) is 11.6 Å². The van der Waals surface area contributed by atoms with Crippen molar-refractivity contribution in [1.29, 1.82) is 0 Å². The summed E-state index contributed by atoms with van der Waals surface area (Å²) in [5.74, 6) is -0.993. The molecule has 174 valence electrons. The standard InChI is InChI=1S/C23H22BrF2N3O4/c1-12-5-10-16(11-17(12)24)33-22-18(19(20(25)26)28-29(22)3)21(30)27-13(2)14-6-8-15(9-7-14)23(31)32-4/h5-11,13,20H,1-4H3,(H,27,30)/t13-/m0/s1. The van der Waals surface area contributed by atoms with E-state index in [1.54, 1.807) is 49.4 Å². The van der Waals surface area contributed by atoms with Crippen LogP contribution in [0.25, 0.3) is 0 Å². The monoisotopic (exact) mass is 521 g/mol. The first-order chi connectivity index (χ1) is 15.6. The second-order valence-electron chi connectivity index (χ2n) is 7.31. The summed E-state index contributed by atoms with van der Waals surface area (Å²) in [5, 5.41) is 6.50. The molecule has 0 saturated carbocycles. The lowest BCUT2D eigenvalue weighted by Gasteiger charge is -2.16. The first-order valence-electron chi connectivity index (χ1n) is 9.90. The van der Waals surface area contributed by atoms with E-state index < -0.39 is 30.0 Å². The van der Waals surface area contributed by atoms with Gasteiger partial charge < -0.3 is 14.8 Å². The van der Waals surface area contributed by atoms with Gasteiger partial charge in [0, 0.05) is 11.5 Å². The highest BCUT2D eigenvalue weighted by molar-refractivity contribution is 9.10. The molecule has 0 unspecified atom stereocenters. The maximum Gasteiger partial charge on any atom is 0.337 e. The first-order valence-corrected chi connectivity index (χ1v) is 10.7. The summed E-state index contributed by atoms with van der Waals surface area (Å²) in [7, 11) is 2.71. The normalized spacial score (nSPS) is 11.9. The molecular weight excluding hydrogens is 500 g/mol. The van der Waals surface area contributed by atoms with Crippen LogP contribution in [0.4, 0.5) is 8.78 Å². The second kappa shape index (κ2) is 10.1. The molecule has 0 spiro atoms. The molecule has 33 heavy (non-hydrogen) atoms. The van der Waals surface area contributed by atoms with Crippen LogP contribution in [0.2, 0.25) is 0 Å². The maximum absolute atomic E-state index is 13.7. The number of nitrogens with one attached hydrogen (secondary N) is 1. The Morgan fingerprint density at radius 3 is 2.39 bits per heavy atom. The molecule has 0 radical (unpaired) electrons. The molecule has 1 amide bonds. The predicted molar refractivity (Wildman–Crippen MR) is 121 cm³/mol. The Hall–Kier alpha value is -3.27. The van der Waals surface area contributed by atoms with E-state index in [0.717, 1.165) is 14.7 Å². The zero-order valence-electron chi connectivity index (χ0n) is 18.4. The van der Waals surface area contributed by atoms with Crippen molar-refractivity contribution in [3.63, 3.8) is 0 Å². The Morgan fingerprint density at radius 1 is 1.15 bits per heavy atom. The molecule has 0 fully saturated rings. The van der Waals surface area contributed by atoms with Crippen LogP contribution in [-0.2, 0) is 11.8 Å². The number of aryl methyl sites for hydroxylation is 2. The van der Waals surface area contributed by atoms with Gasteiger partial charge in [-0.25, -0.2) is 18.3 Å². The topological polar surface area (TPSA) is 82.5 Å². The van der Waals surface area contributed by atoms with Gasteiger partial charge in [-0.1, -0.05) is 34.1 Å². The largest absolute Gasteiger partial charge is 0.465 e. The molecule has 3 aromatic rings. The van der Waals surface area contributed by atoms with Crippen LogP contribution < -0.4 is 10.1 Å². The van der Waals surface area contributed by atoms with Gasteiger partial charge in [-0.3, -0.25) is 4.79 Å². The minimum Gasteiger partial charge on any atom is -0.465 e. The smallest absolute Gasteiger partial charge is 0.337 e. The number of benzene rings is 2. The van der Waals surface area contributed by atoms with Crippen LogP contribution in [0.1, 0.15) is 56.9 Å². The number of nitrogens with zero attached hydrogens (tertiary/aromatic N) is 2. The van der Waals surface area contributed by atoms with Gasteiger partial charge in [0.25, 0.3) is 12.3 Å². The Balaban J connectivity index is 1.89. The fourth-order valence-electron chi connectivity index (χ4n) is 3.14. The Labute approximate surface area is 197 Å². The molecule has 0 saturated heterocycles. The van der Waals surface area contributed by atoms with E-state index in [9.17, 15) is 18.4 Å². The fourth-order valence-corrected chi connectivity index (χ4v) is 3.50. The second-order valence-corrected chi connectivity index (χ2v) is 8.17. The summed E-state index contributed by atoms with van der Waals surface area (Å²) in [6.45, 7) is 3.59. The van der Waals surface area contributed by atoms with Gasteiger partial charge in [0.15, 0.2) is 0 Å². The number of esters is 1. The van der Waals surface area contributed by atoms with Gasteiger partial charge in [0.2, 0.25) is 5.88 Å². The van der Waals surface area contributed by atoms with Gasteiger partial charge in [-0.2, -0.15) is 5.10 Å². The number of ether oxygens (including phenoxy) is 2. The fraction of sp³-hybridized carbons (Fsp3) is 0.261. The van der Waals surface area contributed by atoms with Crippen molar-refractivity contribution in [2.75, 3.05) is 7.11 Å². The third-order valence-electron chi connectivity index (χ3n) is 4.99. The van der Waals surface area contributed by atoms with Crippen LogP contribution in [0.5, 0.6) is 11.6 Å². The molecule has 0 bridgehead atoms. The maximum atomic E-state index is 13.7. The van der Waals surface area contributed by atoms with Crippen molar-refractivity contribution in [3.05, 3.63) is 74.9 Å². The Morgan fingerprint density at radius 2 is 1.82 bits per heavy atom. The SMILES string of the molecule is COC(=O)c1ccc([C@H](C)NC(=O)c2c(C(F)F)nn(C)c2Oc2ccc(C)c(Br)c2)cc1. The van der Waals surface area contributed by atoms with Crippen molar-refractivity contribution in [2.24, 2.45) is 7.05 Å². The molecule has 1 atom stereocenters. The third-order valence-corrected chi connectivity index (χ3v) is 5.85. The van der Waals surface area contributed by atoms with Gasteiger partial charge in [-0.15, -0.1) is 0 Å². The van der Waals surface area contributed by atoms with E-state index in [2.05, 4.69) is 31.1 Å².